The third kappa shape index (κ3) is 12.2. The van der Waals surface area contributed by atoms with Crippen LogP contribution in [-0.4, -0.2) is 72.5 Å². The first-order valence-electron chi connectivity index (χ1n) is 11.5. The Hall–Kier alpha value is 0.844. The first-order valence-corrected chi connectivity index (χ1v) is 28.5. The topological polar surface area (TPSA) is 55.4 Å². The van der Waals surface area contributed by atoms with E-state index in [1.807, 2.05) is 0 Å². The van der Waals surface area contributed by atoms with E-state index in [-0.39, 0.29) is 18.3 Å². The second-order valence-corrected chi connectivity index (χ2v) is 35.7. The Bertz CT molecular complexity index is 529. The van der Waals surface area contributed by atoms with E-state index in [1.54, 1.807) is 0 Å². The molecule has 0 radical (unpaired) electrons. The lowest BCUT2D eigenvalue weighted by atomic mass is 10.0. The zero-order chi connectivity index (χ0) is 24.6. The van der Waals surface area contributed by atoms with Gasteiger partial charge in [-0.2, -0.15) is 0 Å². The molecule has 0 spiro atoms. The van der Waals surface area contributed by atoms with E-state index in [2.05, 4.69) is 98.2 Å². The van der Waals surface area contributed by atoms with E-state index in [4.69, 9.17) is 26.9 Å². The molecule has 6 nitrogen and oxygen atoms in total. The molecular weight excluding hydrogens is 477 g/mol. The van der Waals surface area contributed by atoms with Crippen molar-refractivity contribution in [1.29, 1.82) is 0 Å². The van der Waals surface area contributed by atoms with Gasteiger partial charge in [0.1, 0.15) is 18.3 Å². The minimum Gasteiger partial charge on any atom is -0.409 e. The van der Waals surface area contributed by atoms with Gasteiger partial charge < -0.3 is 26.9 Å². The summed E-state index contributed by atoms with van der Waals surface area (Å²) in [7, 11) is -9.61. The van der Waals surface area contributed by atoms with Crippen LogP contribution in [0.4, 0.5) is 0 Å². The normalized spacial score (nSPS) is 29.3. The Labute approximate surface area is 197 Å². The lowest BCUT2D eigenvalue weighted by Crippen LogP contribution is -2.67. The quantitative estimate of drug-likeness (QED) is 0.324. The lowest BCUT2D eigenvalue weighted by Gasteiger charge is -2.52. The highest BCUT2D eigenvalue weighted by atomic mass is 28.4. The third-order valence-electron chi connectivity index (χ3n) is 3.86. The van der Waals surface area contributed by atoms with Crippen LogP contribution < -0.4 is 0 Å². The molecule has 0 aromatic carbocycles. The molecule has 1 aliphatic rings. The molecule has 1 rings (SSSR count). The lowest BCUT2D eigenvalue weighted by molar-refractivity contribution is -0.308. The van der Waals surface area contributed by atoms with Crippen molar-refractivity contribution in [1.82, 2.24) is 0 Å². The van der Waals surface area contributed by atoms with Crippen LogP contribution in [0.5, 0.6) is 0 Å². The third-order valence-corrected chi connectivity index (χ3v) is 8.68. The van der Waals surface area contributed by atoms with Gasteiger partial charge in [0.15, 0.2) is 54.2 Å². The van der Waals surface area contributed by atoms with Crippen LogP contribution in [0.25, 0.3) is 0 Å². The van der Waals surface area contributed by atoms with E-state index >= 15 is 0 Å². The molecule has 0 N–H and O–H groups in total. The Morgan fingerprint density at radius 1 is 0.355 bits per heavy atom. The van der Waals surface area contributed by atoms with Crippen molar-refractivity contribution < 1.29 is 26.9 Å². The molecule has 1 heterocycles. The van der Waals surface area contributed by atoms with E-state index in [0.717, 1.165) is 0 Å². The van der Waals surface area contributed by atoms with Crippen LogP contribution in [0.15, 0.2) is 0 Å². The summed E-state index contributed by atoms with van der Waals surface area (Å²) in [6.45, 7) is 32.9. The van der Waals surface area contributed by atoms with E-state index in [1.165, 1.54) is 0 Å². The number of hydrogen-bond acceptors (Lipinski definition) is 6. The molecule has 11 heteroatoms. The van der Waals surface area contributed by atoms with E-state index in [9.17, 15) is 0 Å². The minimum atomic E-state index is -1.93. The molecule has 0 aliphatic carbocycles. The van der Waals surface area contributed by atoms with Crippen molar-refractivity contribution in [2.24, 2.45) is 0 Å². The molecule has 1 saturated heterocycles. The van der Waals surface area contributed by atoms with Crippen LogP contribution in [0.3, 0.4) is 0 Å². The maximum atomic E-state index is 6.81. The molecule has 0 aromatic rings. The Kier molecular flexibility index (Phi) is 9.85. The predicted octanol–water partition coefficient (Wildman–Crippen LogP) is 6.03. The Morgan fingerprint density at radius 3 is 0.806 bits per heavy atom. The fourth-order valence-corrected chi connectivity index (χ4v) is 8.26. The Balaban J connectivity index is 3.54. The van der Waals surface area contributed by atoms with Crippen molar-refractivity contribution in [2.75, 3.05) is 0 Å². The fraction of sp³-hybridized carbons (Fsp3) is 1.00. The van der Waals surface area contributed by atoms with Crippen LogP contribution in [-0.2, 0) is 26.9 Å². The van der Waals surface area contributed by atoms with Gasteiger partial charge in [0.25, 0.3) is 0 Å². The molecular formula is C20H50O6Si5. The molecule has 0 bridgehead atoms. The van der Waals surface area contributed by atoms with Crippen molar-refractivity contribution in [2.45, 2.75) is 129 Å². The maximum Gasteiger partial charge on any atom is 0.187 e. The summed E-state index contributed by atoms with van der Waals surface area (Å²) in [5, 5.41) is 0. The van der Waals surface area contributed by atoms with Crippen LogP contribution >= 0.6 is 0 Å². The summed E-state index contributed by atoms with van der Waals surface area (Å²) < 4.78 is 39.9. The summed E-state index contributed by atoms with van der Waals surface area (Å²) in [6.07, 6.45) is -2.02. The van der Waals surface area contributed by atoms with Gasteiger partial charge in [-0.25, -0.2) is 0 Å². The molecule has 1 fully saturated rings. The molecule has 0 aromatic heterocycles. The SMILES string of the molecule is C[Si](C)(C)OC1[C@H](O[Si](C)(C)C)[C@H](O[Si](C)(C)C)O[C@@H](O[Si](C)(C)C)[C@H]1O[Si](C)(C)C. The number of rotatable bonds is 10. The average Bonchev–Trinajstić information content (AvgIpc) is 2.39. The predicted molar refractivity (Wildman–Crippen MR) is 142 cm³/mol. The van der Waals surface area contributed by atoms with Gasteiger partial charge >= 0.3 is 0 Å². The van der Waals surface area contributed by atoms with Gasteiger partial charge in [-0.05, 0) is 98.2 Å². The van der Waals surface area contributed by atoms with Crippen LogP contribution in [0.1, 0.15) is 0 Å². The summed E-state index contributed by atoms with van der Waals surface area (Å²) >= 11 is 0. The molecule has 31 heavy (non-hydrogen) atoms. The summed E-state index contributed by atoms with van der Waals surface area (Å²) in [6, 6.07) is 0. The van der Waals surface area contributed by atoms with Crippen LogP contribution in [0, 0.1) is 0 Å². The van der Waals surface area contributed by atoms with Gasteiger partial charge in [0.05, 0.1) is 0 Å². The average molecular weight is 527 g/mol. The highest BCUT2D eigenvalue weighted by Gasteiger charge is 2.53. The zero-order valence-electron chi connectivity index (χ0n) is 22.8. The van der Waals surface area contributed by atoms with Gasteiger partial charge in [-0.3, -0.25) is 0 Å². The van der Waals surface area contributed by atoms with Crippen molar-refractivity contribution in [3.63, 3.8) is 0 Å². The second-order valence-electron chi connectivity index (χ2n) is 13.4. The summed E-state index contributed by atoms with van der Waals surface area (Å²) in [5.74, 6) is 0. The minimum absolute atomic E-state index is 0.290. The smallest absolute Gasteiger partial charge is 0.187 e. The van der Waals surface area contributed by atoms with Crippen molar-refractivity contribution in [3.05, 3.63) is 0 Å². The molecule has 4 atom stereocenters. The largest absolute Gasteiger partial charge is 0.409 e. The summed E-state index contributed by atoms with van der Waals surface area (Å²) in [4.78, 5) is 0. The van der Waals surface area contributed by atoms with Gasteiger partial charge in [0.2, 0.25) is 0 Å². The molecule has 0 amide bonds. The van der Waals surface area contributed by atoms with E-state index < -0.39 is 54.2 Å². The van der Waals surface area contributed by atoms with Gasteiger partial charge in [-0.15, -0.1) is 0 Å². The number of hydrogen-bond donors (Lipinski definition) is 0. The zero-order valence-corrected chi connectivity index (χ0v) is 27.8. The standard InChI is InChI=1S/C20H50O6Si5/c1-27(2,3)22-16-17(23-28(4,5)6)19(25-30(10,11)12)21-20(26-31(13,14)15)18(16)24-29(7,8)9/h16-20H,1-15H3/t17-,18-,19-,20-/m0/s1. The molecule has 186 valence electrons. The molecule has 0 unspecified atom stereocenters. The first-order chi connectivity index (χ1) is 13.5. The van der Waals surface area contributed by atoms with E-state index in [0.29, 0.717) is 0 Å². The van der Waals surface area contributed by atoms with Gasteiger partial charge in [0, 0.05) is 0 Å². The van der Waals surface area contributed by atoms with Crippen LogP contribution in [0.2, 0.25) is 98.2 Å². The fourth-order valence-electron chi connectivity index (χ4n) is 3.27. The van der Waals surface area contributed by atoms with Crippen molar-refractivity contribution in [3.8, 4) is 0 Å². The maximum absolute atomic E-state index is 6.81. The molecule has 0 saturated carbocycles. The summed E-state index contributed by atoms with van der Waals surface area (Å²) in [5.41, 5.74) is 0. The second kappa shape index (κ2) is 10.2. The van der Waals surface area contributed by atoms with Gasteiger partial charge in [-0.1, -0.05) is 0 Å². The van der Waals surface area contributed by atoms with Crippen molar-refractivity contribution >= 4 is 41.6 Å². The first kappa shape index (κ1) is 29.9. The number of ether oxygens (including phenoxy) is 1. The Morgan fingerprint density at radius 2 is 0.581 bits per heavy atom. The highest BCUT2D eigenvalue weighted by molar-refractivity contribution is 6.71. The monoisotopic (exact) mass is 526 g/mol. The molecule has 1 aliphatic heterocycles. The highest BCUT2D eigenvalue weighted by Crippen LogP contribution is 2.36.